The number of hydrogen-bond donors (Lipinski definition) is 2. The van der Waals surface area contributed by atoms with E-state index in [2.05, 4.69) is 15.9 Å². The molecule has 33 heavy (non-hydrogen) atoms. The molecule has 9 heteroatoms. The first-order valence-electron chi connectivity index (χ1n) is 11.1. The average Bonchev–Trinajstić information content (AvgIpc) is 3.17. The predicted octanol–water partition coefficient (Wildman–Crippen LogP) is 2.95. The van der Waals surface area contributed by atoms with E-state index < -0.39 is 41.6 Å². The molecule has 1 fully saturated rings. The summed E-state index contributed by atoms with van der Waals surface area (Å²) < 4.78 is 11.2. The zero-order chi connectivity index (χ0) is 24.2. The van der Waals surface area contributed by atoms with Crippen LogP contribution in [0.3, 0.4) is 0 Å². The minimum atomic E-state index is -1.81. The number of aliphatic hydroxyl groups is 2. The van der Waals surface area contributed by atoms with E-state index in [1.807, 2.05) is 44.2 Å². The van der Waals surface area contributed by atoms with Gasteiger partial charge in [0.25, 0.3) is 0 Å². The van der Waals surface area contributed by atoms with Crippen molar-refractivity contribution >= 4 is 33.7 Å². The highest BCUT2D eigenvalue weighted by atomic mass is 79.9. The number of rotatable bonds is 9. The van der Waals surface area contributed by atoms with Gasteiger partial charge in [0.15, 0.2) is 11.6 Å². The lowest BCUT2D eigenvalue weighted by molar-refractivity contribution is -0.218. The Morgan fingerprint density at radius 2 is 1.94 bits per heavy atom. The predicted molar refractivity (Wildman–Crippen MR) is 123 cm³/mol. The Morgan fingerprint density at radius 1 is 1.24 bits per heavy atom. The van der Waals surface area contributed by atoms with E-state index in [0.29, 0.717) is 12.8 Å². The Balaban J connectivity index is 1.96. The Kier molecular flexibility index (Phi) is 8.44. The fourth-order valence-corrected chi connectivity index (χ4v) is 4.65. The maximum absolute atomic E-state index is 13.7. The number of carbonyl (C=O) groups is 3. The number of nitrogens with zero attached hydrogens (tertiary/aromatic N) is 1. The molecular formula is C24H30BrNO7. The molecule has 0 saturated carbocycles. The lowest BCUT2D eigenvalue weighted by Gasteiger charge is -2.39. The van der Waals surface area contributed by atoms with Crippen LogP contribution in [-0.2, 0) is 25.5 Å². The van der Waals surface area contributed by atoms with E-state index in [1.165, 1.54) is 6.08 Å². The summed E-state index contributed by atoms with van der Waals surface area (Å²) in [5, 5.41) is 20.2. The first-order chi connectivity index (χ1) is 15.7. The third-order valence-electron chi connectivity index (χ3n) is 6.06. The zero-order valence-corrected chi connectivity index (χ0v) is 20.4. The number of unbranched alkanes of at least 4 members (excludes halogenated alkanes) is 1. The van der Waals surface area contributed by atoms with Crippen LogP contribution in [0.2, 0.25) is 0 Å². The molecule has 180 valence electrons. The van der Waals surface area contributed by atoms with Crippen molar-refractivity contribution in [3.8, 4) is 0 Å². The molecule has 0 spiro atoms. The van der Waals surface area contributed by atoms with Gasteiger partial charge in [0.05, 0.1) is 16.4 Å². The van der Waals surface area contributed by atoms with Crippen molar-refractivity contribution in [1.29, 1.82) is 0 Å². The highest BCUT2D eigenvalue weighted by molar-refractivity contribution is 9.11. The summed E-state index contributed by atoms with van der Waals surface area (Å²) in [6.07, 6.45) is 0.369. The fourth-order valence-electron chi connectivity index (χ4n) is 4.13. The topological polar surface area (TPSA) is 113 Å². The first kappa shape index (κ1) is 25.6. The number of ketones is 1. The third-order valence-corrected chi connectivity index (χ3v) is 6.91. The number of aliphatic hydroxyl groups excluding tert-OH is 1. The number of hydrogen-bond acceptors (Lipinski definition) is 7. The van der Waals surface area contributed by atoms with Crippen molar-refractivity contribution in [2.24, 2.45) is 11.8 Å². The molecule has 1 saturated heterocycles. The fraction of sp³-hybridized carbons (Fsp3) is 0.542. The summed E-state index contributed by atoms with van der Waals surface area (Å²) in [6.45, 7) is 3.83. The van der Waals surface area contributed by atoms with Gasteiger partial charge in [-0.05, 0) is 52.7 Å². The smallest absolute Gasteiger partial charge is 0.416 e. The highest BCUT2D eigenvalue weighted by Crippen LogP contribution is 2.38. The van der Waals surface area contributed by atoms with E-state index in [4.69, 9.17) is 14.6 Å². The summed E-state index contributed by atoms with van der Waals surface area (Å²) in [5.41, 5.74) is 0.790. The Morgan fingerprint density at radius 3 is 2.58 bits per heavy atom. The van der Waals surface area contributed by atoms with E-state index >= 15 is 0 Å². The minimum absolute atomic E-state index is 0.0368. The second-order valence-corrected chi connectivity index (χ2v) is 9.65. The molecule has 0 aromatic heterocycles. The van der Waals surface area contributed by atoms with Gasteiger partial charge in [-0.15, -0.1) is 0 Å². The van der Waals surface area contributed by atoms with Crippen LogP contribution in [0.4, 0.5) is 4.79 Å². The van der Waals surface area contributed by atoms with Gasteiger partial charge in [0, 0.05) is 13.0 Å². The van der Waals surface area contributed by atoms with Crippen LogP contribution in [0.15, 0.2) is 40.9 Å². The van der Waals surface area contributed by atoms with Gasteiger partial charge in [0.2, 0.25) is 5.91 Å². The van der Waals surface area contributed by atoms with Crippen LogP contribution >= 0.6 is 15.9 Å². The van der Waals surface area contributed by atoms with Crippen molar-refractivity contribution in [2.45, 2.75) is 57.5 Å². The number of amides is 2. The van der Waals surface area contributed by atoms with Crippen molar-refractivity contribution < 1.29 is 34.1 Å². The molecule has 4 atom stereocenters. The summed E-state index contributed by atoms with van der Waals surface area (Å²) in [6, 6.07) is 8.69. The number of ether oxygens (including phenoxy) is 2. The molecule has 0 aliphatic carbocycles. The van der Waals surface area contributed by atoms with Gasteiger partial charge in [-0.3, -0.25) is 9.59 Å². The maximum atomic E-state index is 13.7. The van der Waals surface area contributed by atoms with Gasteiger partial charge in [0.1, 0.15) is 12.7 Å². The summed E-state index contributed by atoms with van der Waals surface area (Å²) in [5.74, 6) is -3.94. The highest BCUT2D eigenvalue weighted by Gasteiger charge is 2.50. The standard InChI is InChI=1S/C24H30BrNO7/c1-15(2)18-14-32-23(30)26(18)22(29)17(12-16-8-4-3-5-9-16)21-19(28)13-20(25)24(31,33-21)10-6-7-11-27/h3-5,8-9,13,15,17-18,21,27,31H,6-7,10-12,14H2,1-2H3. The molecule has 8 nitrogen and oxygen atoms in total. The lowest BCUT2D eigenvalue weighted by Crippen LogP contribution is -2.54. The van der Waals surface area contributed by atoms with E-state index in [0.717, 1.165) is 10.5 Å². The lowest BCUT2D eigenvalue weighted by atomic mass is 9.87. The second-order valence-electron chi connectivity index (χ2n) is 8.79. The van der Waals surface area contributed by atoms with Gasteiger partial charge >= 0.3 is 6.09 Å². The van der Waals surface area contributed by atoms with Gasteiger partial charge in [-0.2, -0.15) is 0 Å². The Bertz CT molecular complexity index is 903. The van der Waals surface area contributed by atoms with Crippen molar-refractivity contribution in [3.05, 3.63) is 46.5 Å². The van der Waals surface area contributed by atoms with Crippen LogP contribution in [0.5, 0.6) is 0 Å². The molecular weight excluding hydrogens is 494 g/mol. The number of benzene rings is 1. The molecule has 4 unspecified atom stereocenters. The van der Waals surface area contributed by atoms with Crippen LogP contribution in [0.25, 0.3) is 0 Å². The van der Waals surface area contributed by atoms with Gasteiger partial charge in [-0.1, -0.05) is 44.2 Å². The second kappa shape index (κ2) is 10.9. The van der Waals surface area contributed by atoms with Crippen molar-refractivity contribution in [3.63, 3.8) is 0 Å². The number of cyclic esters (lactones) is 1. The van der Waals surface area contributed by atoms with Gasteiger partial charge < -0.3 is 19.7 Å². The average molecular weight is 524 g/mol. The number of imide groups is 1. The molecule has 2 N–H and O–H groups in total. The summed E-state index contributed by atoms with van der Waals surface area (Å²) in [4.78, 5) is 40.3. The van der Waals surface area contributed by atoms with Gasteiger partial charge in [-0.25, -0.2) is 9.69 Å². The molecule has 1 aromatic rings. The molecule has 2 heterocycles. The van der Waals surface area contributed by atoms with E-state index in [-0.39, 0.29) is 36.5 Å². The van der Waals surface area contributed by atoms with Crippen LogP contribution in [0, 0.1) is 11.8 Å². The van der Waals surface area contributed by atoms with E-state index in [1.54, 1.807) is 0 Å². The quantitative estimate of drug-likeness (QED) is 0.478. The zero-order valence-electron chi connectivity index (χ0n) is 18.8. The molecule has 2 amide bonds. The Labute approximate surface area is 201 Å². The minimum Gasteiger partial charge on any atom is -0.447 e. The number of halogens is 1. The molecule has 2 aliphatic heterocycles. The third kappa shape index (κ3) is 5.71. The molecule has 0 bridgehead atoms. The molecule has 1 aromatic carbocycles. The van der Waals surface area contributed by atoms with Crippen molar-refractivity contribution in [2.75, 3.05) is 13.2 Å². The van der Waals surface area contributed by atoms with Crippen LogP contribution in [-0.4, -0.2) is 64.0 Å². The van der Waals surface area contributed by atoms with Crippen LogP contribution in [0.1, 0.15) is 38.7 Å². The molecule has 0 radical (unpaired) electrons. The van der Waals surface area contributed by atoms with E-state index in [9.17, 15) is 19.5 Å². The Hall–Kier alpha value is -2.07. The maximum Gasteiger partial charge on any atom is 0.416 e. The summed E-state index contributed by atoms with van der Waals surface area (Å²) >= 11 is 3.22. The molecule has 2 aliphatic rings. The monoisotopic (exact) mass is 523 g/mol. The normalized spacial score (nSPS) is 26.4. The largest absolute Gasteiger partial charge is 0.447 e. The van der Waals surface area contributed by atoms with Crippen LogP contribution < -0.4 is 0 Å². The first-order valence-corrected chi connectivity index (χ1v) is 11.9. The SMILES string of the molecule is CC(C)C1COC(=O)N1C(=O)C(Cc1ccccc1)C1OC(O)(CCCCO)C(Br)=CC1=O. The van der Waals surface area contributed by atoms with Crippen molar-refractivity contribution in [1.82, 2.24) is 4.90 Å². The molecule has 3 rings (SSSR count). The summed E-state index contributed by atoms with van der Waals surface area (Å²) in [7, 11) is 0. The number of carbonyl (C=O) groups excluding carboxylic acids is 3.